The van der Waals surface area contributed by atoms with E-state index in [1.807, 2.05) is 44.2 Å². The Morgan fingerprint density at radius 3 is 2.47 bits per heavy atom. The third-order valence-electron chi connectivity index (χ3n) is 6.57. The molecule has 3 rings (SSSR count). The van der Waals surface area contributed by atoms with Gasteiger partial charge in [-0.25, -0.2) is 0 Å². The van der Waals surface area contributed by atoms with Crippen molar-refractivity contribution in [2.45, 2.75) is 64.5 Å². The van der Waals surface area contributed by atoms with Gasteiger partial charge in [0.05, 0.1) is 6.07 Å². The maximum atomic E-state index is 13.3. The SMILES string of the molecule is CC(C)C[C@@H]1NC(=O)[C@@H](Cc2ccccc2)CCC[C@H]2CNC(=O)[C@@H]2C[C@@H](C#N)NC1=O. The van der Waals surface area contributed by atoms with E-state index >= 15 is 0 Å². The van der Waals surface area contributed by atoms with Gasteiger partial charge in [0.1, 0.15) is 12.1 Å². The first-order valence-corrected chi connectivity index (χ1v) is 11.7. The maximum Gasteiger partial charge on any atom is 0.243 e. The number of nitrogens with one attached hydrogen (secondary N) is 3. The lowest BCUT2D eigenvalue weighted by Crippen LogP contribution is -2.51. The first kappa shape index (κ1) is 23.8. The molecule has 32 heavy (non-hydrogen) atoms. The minimum atomic E-state index is -0.758. The van der Waals surface area contributed by atoms with Crippen LogP contribution in [0.3, 0.4) is 0 Å². The van der Waals surface area contributed by atoms with Crippen molar-refractivity contribution in [1.82, 2.24) is 16.0 Å². The Bertz CT molecular complexity index is 848. The van der Waals surface area contributed by atoms with E-state index in [4.69, 9.17) is 0 Å². The molecule has 3 amide bonds. The van der Waals surface area contributed by atoms with Gasteiger partial charge in [-0.3, -0.25) is 14.4 Å². The van der Waals surface area contributed by atoms with Crippen molar-refractivity contribution >= 4 is 17.7 Å². The molecule has 7 heteroatoms. The van der Waals surface area contributed by atoms with Crippen LogP contribution >= 0.6 is 0 Å². The topological polar surface area (TPSA) is 111 Å². The molecule has 0 spiro atoms. The molecule has 2 aliphatic rings. The van der Waals surface area contributed by atoms with Crippen LogP contribution in [0.25, 0.3) is 0 Å². The number of hydrogen-bond acceptors (Lipinski definition) is 4. The van der Waals surface area contributed by atoms with Gasteiger partial charge in [0.2, 0.25) is 17.7 Å². The quantitative estimate of drug-likeness (QED) is 0.670. The monoisotopic (exact) mass is 438 g/mol. The van der Waals surface area contributed by atoms with E-state index in [1.165, 1.54) is 0 Å². The zero-order valence-corrected chi connectivity index (χ0v) is 19.0. The van der Waals surface area contributed by atoms with Crippen LogP contribution in [0.1, 0.15) is 51.5 Å². The van der Waals surface area contributed by atoms with E-state index in [2.05, 4.69) is 22.0 Å². The largest absolute Gasteiger partial charge is 0.356 e. The lowest BCUT2D eigenvalue weighted by molar-refractivity contribution is -0.131. The fourth-order valence-electron chi connectivity index (χ4n) is 4.84. The van der Waals surface area contributed by atoms with Crippen LogP contribution in [0.5, 0.6) is 0 Å². The van der Waals surface area contributed by atoms with E-state index in [0.29, 0.717) is 32.2 Å². The Hall–Kier alpha value is -2.88. The highest BCUT2D eigenvalue weighted by molar-refractivity contribution is 5.89. The van der Waals surface area contributed by atoms with Gasteiger partial charge in [-0.2, -0.15) is 5.26 Å². The number of carbonyl (C=O) groups is 3. The van der Waals surface area contributed by atoms with Crippen molar-refractivity contribution in [3.63, 3.8) is 0 Å². The third kappa shape index (κ3) is 6.32. The number of benzene rings is 1. The molecule has 5 atom stereocenters. The lowest BCUT2D eigenvalue weighted by Gasteiger charge is -2.24. The summed E-state index contributed by atoms with van der Waals surface area (Å²) in [5.74, 6) is -0.766. The summed E-state index contributed by atoms with van der Waals surface area (Å²) in [6.45, 7) is 4.58. The fourth-order valence-corrected chi connectivity index (χ4v) is 4.84. The minimum Gasteiger partial charge on any atom is -0.356 e. The predicted octanol–water partition coefficient (Wildman–Crippen LogP) is 2.32. The number of carbonyl (C=O) groups excluding carboxylic acids is 3. The summed E-state index contributed by atoms with van der Waals surface area (Å²) in [5.41, 5.74) is 1.09. The molecular formula is C25H34N4O3. The molecule has 0 aromatic heterocycles. The predicted molar refractivity (Wildman–Crippen MR) is 121 cm³/mol. The van der Waals surface area contributed by atoms with Crippen LogP contribution in [0, 0.1) is 35.0 Å². The molecule has 0 aliphatic carbocycles. The molecule has 2 saturated heterocycles. The van der Waals surface area contributed by atoms with Gasteiger partial charge >= 0.3 is 0 Å². The Morgan fingerprint density at radius 1 is 1.03 bits per heavy atom. The molecule has 3 N–H and O–H groups in total. The highest BCUT2D eigenvalue weighted by Gasteiger charge is 2.37. The molecule has 0 radical (unpaired) electrons. The molecule has 7 nitrogen and oxygen atoms in total. The Labute approximate surface area is 190 Å². The number of fused-ring (bicyclic) bond motifs is 1. The standard InChI is InChI=1S/C25H34N4O3/c1-16(2)11-22-25(32)28-20(14-26)13-21-19(15-27-24(21)31)10-6-9-18(23(30)29-22)12-17-7-4-3-5-8-17/h3-5,7-8,16,18-22H,6,9-13,15H2,1-2H3,(H,27,31)(H,28,32)(H,29,30)/t18-,19+,20+,21-,22+/m1/s1. The Kier molecular flexibility index (Phi) is 8.26. The van der Waals surface area contributed by atoms with Crippen molar-refractivity contribution in [3.05, 3.63) is 35.9 Å². The van der Waals surface area contributed by atoms with Crippen LogP contribution in [0.15, 0.2) is 30.3 Å². The zero-order valence-electron chi connectivity index (χ0n) is 19.0. The van der Waals surface area contributed by atoms with Crippen molar-refractivity contribution in [1.29, 1.82) is 5.26 Å². The number of hydrogen-bond donors (Lipinski definition) is 3. The van der Waals surface area contributed by atoms with Crippen LogP contribution in [0.2, 0.25) is 0 Å². The van der Waals surface area contributed by atoms with E-state index in [9.17, 15) is 19.6 Å². The van der Waals surface area contributed by atoms with Gasteiger partial charge in [0.25, 0.3) is 0 Å². The third-order valence-corrected chi connectivity index (χ3v) is 6.57. The number of nitrogens with zero attached hydrogens (tertiary/aromatic N) is 1. The molecule has 2 heterocycles. The van der Waals surface area contributed by atoms with Gasteiger partial charge in [0.15, 0.2) is 0 Å². The summed E-state index contributed by atoms with van der Waals surface area (Å²) < 4.78 is 0. The van der Waals surface area contributed by atoms with Gasteiger partial charge < -0.3 is 16.0 Å². The molecule has 1 aromatic rings. The van der Waals surface area contributed by atoms with Crippen molar-refractivity contribution in [3.8, 4) is 6.07 Å². The summed E-state index contributed by atoms with van der Waals surface area (Å²) in [6.07, 6.45) is 3.71. The summed E-state index contributed by atoms with van der Waals surface area (Å²) in [7, 11) is 0. The lowest BCUT2D eigenvalue weighted by atomic mass is 9.84. The van der Waals surface area contributed by atoms with E-state index in [0.717, 1.165) is 18.4 Å². The second kappa shape index (κ2) is 11.1. The highest BCUT2D eigenvalue weighted by atomic mass is 16.2. The van der Waals surface area contributed by atoms with Crippen LogP contribution in [0.4, 0.5) is 0 Å². The van der Waals surface area contributed by atoms with Crippen molar-refractivity contribution in [2.24, 2.45) is 23.7 Å². The van der Waals surface area contributed by atoms with Gasteiger partial charge in [-0.05, 0) is 49.5 Å². The number of amides is 3. The highest BCUT2D eigenvalue weighted by Crippen LogP contribution is 2.29. The minimum absolute atomic E-state index is 0.0480. The summed E-state index contributed by atoms with van der Waals surface area (Å²) in [4.78, 5) is 38.7. The van der Waals surface area contributed by atoms with Gasteiger partial charge in [-0.15, -0.1) is 0 Å². The number of nitriles is 1. The van der Waals surface area contributed by atoms with Crippen molar-refractivity contribution in [2.75, 3.05) is 6.54 Å². The number of rotatable bonds is 4. The second-order valence-electron chi connectivity index (χ2n) is 9.55. The van der Waals surface area contributed by atoms with Gasteiger partial charge in [0, 0.05) is 18.4 Å². The summed E-state index contributed by atoms with van der Waals surface area (Å²) >= 11 is 0. The normalized spacial score (nSPS) is 29.4. The zero-order chi connectivity index (χ0) is 23.1. The van der Waals surface area contributed by atoms with E-state index in [1.54, 1.807) is 0 Å². The molecule has 0 bridgehead atoms. The molecule has 172 valence electrons. The Balaban J connectivity index is 1.85. The first-order valence-electron chi connectivity index (χ1n) is 11.7. The molecule has 2 fully saturated rings. The molecular weight excluding hydrogens is 404 g/mol. The first-order chi connectivity index (χ1) is 15.4. The molecule has 1 aromatic carbocycles. The van der Waals surface area contributed by atoms with Crippen LogP contribution in [-0.2, 0) is 20.8 Å². The second-order valence-corrected chi connectivity index (χ2v) is 9.55. The van der Waals surface area contributed by atoms with E-state index < -0.39 is 12.1 Å². The molecule has 0 saturated carbocycles. The van der Waals surface area contributed by atoms with E-state index in [-0.39, 0.29) is 41.4 Å². The molecule has 0 unspecified atom stereocenters. The van der Waals surface area contributed by atoms with Crippen LogP contribution in [-0.4, -0.2) is 36.3 Å². The summed E-state index contributed by atoms with van der Waals surface area (Å²) in [5, 5.41) is 18.3. The maximum absolute atomic E-state index is 13.3. The average Bonchev–Trinajstić information content (AvgIpc) is 3.11. The van der Waals surface area contributed by atoms with Crippen LogP contribution < -0.4 is 16.0 Å². The van der Waals surface area contributed by atoms with Gasteiger partial charge in [-0.1, -0.05) is 50.6 Å². The smallest absolute Gasteiger partial charge is 0.243 e. The fraction of sp³-hybridized carbons (Fsp3) is 0.600. The molecule has 2 aliphatic heterocycles. The Morgan fingerprint density at radius 2 is 1.78 bits per heavy atom. The van der Waals surface area contributed by atoms with Crippen molar-refractivity contribution < 1.29 is 14.4 Å². The summed E-state index contributed by atoms with van der Waals surface area (Å²) in [6, 6.07) is 10.6. The average molecular weight is 439 g/mol.